The second kappa shape index (κ2) is 5.54. The molecule has 0 aliphatic rings. The molecule has 106 valence electrons. The van der Waals surface area contributed by atoms with Crippen LogP contribution in [0.2, 0.25) is 0 Å². The number of rotatable bonds is 3. The van der Waals surface area contributed by atoms with E-state index in [1.165, 1.54) is 0 Å². The van der Waals surface area contributed by atoms with Crippen molar-refractivity contribution in [3.63, 3.8) is 0 Å². The fourth-order valence-electron chi connectivity index (χ4n) is 1.81. The molecule has 2 aromatic rings. The number of hydrogen-bond acceptors (Lipinski definition) is 4. The minimum absolute atomic E-state index is 0.0912. The van der Waals surface area contributed by atoms with Crippen molar-refractivity contribution in [2.45, 2.75) is 19.9 Å². The molecule has 20 heavy (non-hydrogen) atoms. The van der Waals surface area contributed by atoms with Gasteiger partial charge in [0, 0.05) is 5.56 Å². The minimum atomic E-state index is -0.666. The van der Waals surface area contributed by atoms with Gasteiger partial charge in [-0.25, -0.2) is 13.8 Å². The number of aryl methyl sites for hydroxylation is 1. The van der Waals surface area contributed by atoms with Gasteiger partial charge in [0.15, 0.2) is 5.13 Å². The van der Waals surface area contributed by atoms with Gasteiger partial charge in [-0.15, -0.1) is 0 Å². The van der Waals surface area contributed by atoms with Crippen molar-refractivity contribution < 1.29 is 13.6 Å². The molecule has 1 unspecified atom stereocenters. The molecule has 0 saturated heterocycles. The van der Waals surface area contributed by atoms with Gasteiger partial charge in [0.25, 0.3) is 5.91 Å². The Morgan fingerprint density at radius 1 is 1.45 bits per heavy atom. The lowest BCUT2D eigenvalue weighted by Gasteiger charge is -2.14. The van der Waals surface area contributed by atoms with Crippen LogP contribution >= 0.6 is 11.3 Å². The van der Waals surface area contributed by atoms with E-state index in [-0.39, 0.29) is 10.7 Å². The summed E-state index contributed by atoms with van der Waals surface area (Å²) in [6.07, 6.45) is 0. The summed E-state index contributed by atoms with van der Waals surface area (Å²) in [6, 6.07) is 2.46. The third-order valence-electron chi connectivity index (χ3n) is 2.79. The molecule has 3 N–H and O–H groups in total. The zero-order valence-electron chi connectivity index (χ0n) is 10.9. The standard InChI is InChI=1S/C13H13F2N3OS/c1-6(9-5-8(14)3-4-10(9)15)17-12(19)11-7(2)18-13(16)20-11/h3-6H,1-2H3,(H2,16,18)(H,17,19). The number of anilines is 1. The maximum Gasteiger partial charge on any atom is 0.263 e. The van der Waals surface area contributed by atoms with E-state index in [4.69, 9.17) is 5.73 Å². The average molecular weight is 297 g/mol. The maximum atomic E-state index is 13.6. The van der Waals surface area contributed by atoms with E-state index in [2.05, 4.69) is 10.3 Å². The number of hydrogen-bond donors (Lipinski definition) is 2. The minimum Gasteiger partial charge on any atom is -0.375 e. The number of aromatic nitrogens is 1. The number of nitrogens with two attached hydrogens (primary N) is 1. The van der Waals surface area contributed by atoms with Gasteiger partial charge in [-0.2, -0.15) is 0 Å². The van der Waals surface area contributed by atoms with Crippen molar-refractivity contribution in [1.82, 2.24) is 10.3 Å². The number of carbonyl (C=O) groups excluding carboxylic acids is 1. The molecule has 7 heteroatoms. The molecule has 0 spiro atoms. The number of nitrogen functional groups attached to an aromatic ring is 1. The molecule has 1 heterocycles. The summed E-state index contributed by atoms with van der Waals surface area (Å²) in [5.74, 6) is -1.53. The Hall–Kier alpha value is -2.02. The van der Waals surface area contributed by atoms with Gasteiger partial charge in [-0.05, 0) is 32.0 Å². The molecular formula is C13H13F2N3OS. The molecular weight excluding hydrogens is 284 g/mol. The van der Waals surface area contributed by atoms with Gasteiger partial charge < -0.3 is 11.1 Å². The summed E-state index contributed by atoms with van der Waals surface area (Å²) in [4.78, 5) is 16.4. The maximum absolute atomic E-state index is 13.6. The third kappa shape index (κ3) is 2.93. The second-order valence-corrected chi connectivity index (χ2v) is 5.36. The van der Waals surface area contributed by atoms with E-state index in [9.17, 15) is 13.6 Å². The van der Waals surface area contributed by atoms with E-state index in [0.717, 1.165) is 29.5 Å². The Morgan fingerprint density at radius 2 is 2.15 bits per heavy atom. The van der Waals surface area contributed by atoms with E-state index in [1.54, 1.807) is 13.8 Å². The van der Waals surface area contributed by atoms with Crippen LogP contribution in [0.4, 0.5) is 13.9 Å². The van der Waals surface area contributed by atoms with Crippen molar-refractivity contribution in [2.24, 2.45) is 0 Å². The fraction of sp³-hybridized carbons (Fsp3) is 0.231. The topological polar surface area (TPSA) is 68.0 Å². The number of carbonyl (C=O) groups is 1. The lowest BCUT2D eigenvalue weighted by atomic mass is 10.1. The molecule has 0 aliphatic carbocycles. The van der Waals surface area contributed by atoms with Gasteiger partial charge in [-0.3, -0.25) is 4.79 Å². The number of nitrogens with one attached hydrogen (secondary N) is 1. The molecule has 1 atom stereocenters. The molecule has 1 aromatic heterocycles. The highest BCUT2D eigenvalue weighted by Crippen LogP contribution is 2.22. The summed E-state index contributed by atoms with van der Waals surface area (Å²) in [5, 5.41) is 2.89. The van der Waals surface area contributed by atoms with Gasteiger partial charge in [0.05, 0.1) is 11.7 Å². The number of halogens is 2. The lowest BCUT2D eigenvalue weighted by molar-refractivity contribution is 0.0942. The number of benzene rings is 1. The van der Waals surface area contributed by atoms with E-state index in [1.807, 2.05) is 0 Å². The largest absolute Gasteiger partial charge is 0.375 e. The first-order valence-electron chi connectivity index (χ1n) is 5.87. The number of nitrogens with zero attached hydrogens (tertiary/aromatic N) is 1. The molecule has 0 fully saturated rings. The molecule has 1 aromatic carbocycles. The van der Waals surface area contributed by atoms with Crippen LogP contribution in [-0.4, -0.2) is 10.9 Å². The molecule has 4 nitrogen and oxygen atoms in total. The van der Waals surface area contributed by atoms with Crippen LogP contribution in [0.15, 0.2) is 18.2 Å². The van der Waals surface area contributed by atoms with Crippen LogP contribution in [-0.2, 0) is 0 Å². The van der Waals surface area contributed by atoms with Crippen molar-refractivity contribution >= 4 is 22.4 Å². The highest BCUT2D eigenvalue weighted by Gasteiger charge is 2.19. The zero-order chi connectivity index (χ0) is 14.9. The normalized spacial score (nSPS) is 12.2. The van der Waals surface area contributed by atoms with Crippen molar-refractivity contribution in [1.29, 1.82) is 0 Å². The van der Waals surface area contributed by atoms with Crippen molar-refractivity contribution in [3.05, 3.63) is 46.0 Å². The average Bonchev–Trinajstić information content (AvgIpc) is 2.71. The van der Waals surface area contributed by atoms with Gasteiger partial charge in [-0.1, -0.05) is 11.3 Å². The summed E-state index contributed by atoms with van der Waals surface area (Å²) in [5.41, 5.74) is 6.12. The Morgan fingerprint density at radius 3 is 2.75 bits per heavy atom. The third-order valence-corrected chi connectivity index (χ3v) is 3.78. The second-order valence-electron chi connectivity index (χ2n) is 4.33. The smallest absolute Gasteiger partial charge is 0.263 e. The predicted octanol–water partition coefficient (Wildman–Crippen LogP) is 2.80. The molecule has 1 amide bonds. The zero-order valence-corrected chi connectivity index (χ0v) is 11.7. The SMILES string of the molecule is Cc1nc(N)sc1C(=O)NC(C)c1cc(F)ccc1F. The fourth-order valence-corrected chi connectivity index (χ4v) is 2.55. The van der Waals surface area contributed by atoms with Crippen molar-refractivity contribution in [2.75, 3.05) is 5.73 Å². The highest BCUT2D eigenvalue weighted by molar-refractivity contribution is 7.17. The summed E-state index contributed by atoms with van der Waals surface area (Å²) < 4.78 is 26.7. The first-order chi connectivity index (χ1) is 9.38. The Labute approximate surface area is 118 Å². The van der Waals surface area contributed by atoms with E-state index < -0.39 is 23.6 Å². The van der Waals surface area contributed by atoms with Crippen LogP contribution in [0.25, 0.3) is 0 Å². The van der Waals surface area contributed by atoms with Gasteiger partial charge in [0.2, 0.25) is 0 Å². The first kappa shape index (κ1) is 14.4. The summed E-state index contributed by atoms with van der Waals surface area (Å²) >= 11 is 1.05. The van der Waals surface area contributed by atoms with Crippen LogP contribution in [0.1, 0.15) is 33.9 Å². The van der Waals surface area contributed by atoms with Crippen LogP contribution in [0.5, 0.6) is 0 Å². The van der Waals surface area contributed by atoms with Gasteiger partial charge >= 0.3 is 0 Å². The molecule has 2 rings (SSSR count). The Balaban J connectivity index is 2.19. The lowest BCUT2D eigenvalue weighted by Crippen LogP contribution is -2.27. The van der Waals surface area contributed by atoms with Crippen molar-refractivity contribution in [3.8, 4) is 0 Å². The first-order valence-corrected chi connectivity index (χ1v) is 6.69. The highest BCUT2D eigenvalue weighted by atomic mass is 32.1. The van der Waals surface area contributed by atoms with Crippen LogP contribution < -0.4 is 11.1 Å². The molecule has 0 aliphatic heterocycles. The quantitative estimate of drug-likeness (QED) is 0.915. The van der Waals surface area contributed by atoms with E-state index >= 15 is 0 Å². The van der Waals surface area contributed by atoms with Gasteiger partial charge in [0.1, 0.15) is 16.5 Å². The summed E-state index contributed by atoms with van der Waals surface area (Å²) in [6.45, 7) is 3.24. The predicted molar refractivity (Wildman–Crippen MR) is 73.5 cm³/mol. The Kier molecular flexibility index (Phi) is 3.99. The molecule has 0 radical (unpaired) electrons. The van der Waals surface area contributed by atoms with E-state index in [0.29, 0.717) is 10.6 Å². The summed E-state index contributed by atoms with van der Waals surface area (Å²) in [7, 11) is 0. The van der Waals surface area contributed by atoms with Crippen LogP contribution in [0, 0.1) is 18.6 Å². The Bertz CT molecular complexity index is 657. The molecule has 0 saturated carbocycles. The van der Waals surface area contributed by atoms with Crippen LogP contribution in [0.3, 0.4) is 0 Å². The molecule has 0 bridgehead atoms. The number of thiazole rings is 1. The number of amides is 1. The monoisotopic (exact) mass is 297 g/mol.